The van der Waals surface area contributed by atoms with Gasteiger partial charge in [0.05, 0.1) is 0 Å². The minimum Gasteiger partial charge on any atom is -0.459 e. The number of para-hydroxylation sites is 2. The van der Waals surface area contributed by atoms with Crippen LogP contribution < -0.4 is 14.5 Å². The Hall–Kier alpha value is -3.64. The van der Waals surface area contributed by atoms with E-state index in [9.17, 15) is 15.0 Å². The average Bonchev–Trinajstić information content (AvgIpc) is 2.72. The van der Waals surface area contributed by atoms with Crippen molar-refractivity contribution in [1.29, 1.82) is 0 Å². The van der Waals surface area contributed by atoms with E-state index < -0.39 is 0 Å². The minimum absolute atomic E-state index is 0.151. The molecule has 0 radical (unpaired) electrons. The molecule has 0 saturated carbocycles. The van der Waals surface area contributed by atoms with Crippen LogP contribution in [0.4, 0.5) is 5.69 Å². The van der Waals surface area contributed by atoms with E-state index >= 15 is 0 Å². The minimum atomic E-state index is -0.315. The summed E-state index contributed by atoms with van der Waals surface area (Å²) < 4.78 is 2.69. The fraction of sp³-hybridized carbons (Fsp3) is 0.0455. The molecule has 3 N–H and O–H groups in total. The molecular weight excluding hydrogens is 390 g/mol. The number of halogens is 1. The molecule has 0 bridgehead atoms. The van der Waals surface area contributed by atoms with Gasteiger partial charge in [-0.2, -0.15) is 0 Å². The highest BCUT2D eigenvalue weighted by atomic mass is 35.5. The van der Waals surface area contributed by atoms with Gasteiger partial charge in [-0.3, -0.25) is 4.79 Å². The van der Waals surface area contributed by atoms with Crippen LogP contribution in [0.5, 0.6) is 11.9 Å². The van der Waals surface area contributed by atoms with E-state index in [1.54, 1.807) is 60.7 Å². The summed E-state index contributed by atoms with van der Waals surface area (Å²) in [5.41, 5.74) is 1.64. The largest absolute Gasteiger partial charge is 0.638 e. The molecule has 0 aliphatic carbocycles. The summed E-state index contributed by atoms with van der Waals surface area (Å²) in [5, 5.41) is 25.5. The monoisotopic (exact) mass is 407 g/mol. The highest BCUT2D eigenvalue weighted by molar-refractivity contribution is 6.30. The van der Waals surface area contributed by atoms with Gasteiger partial charge in [-0.05, 0) is 28.8 Å². The third kappa shape index (κ3) is 3.70. The molecule has 3 aromatic carbocycles. The first kappa shape index (κ1) is 18.7. The van der Waals surface area contributed by atoms with Gasteiger partial charge >= 0.3 is 11.9 Å². The summed E-state index contributed by atoms with van der Waals surface area (Å²) in [6.45, 7) is -0.151. The molecule has 0 spiro atoms. The predicted octanol–water partition coefficient (Wildman–Crippen LogP) is 3.11. The van der Waals surface area contributed by atoms with Crippen LogP contribution in [0.3, 0.4) is 0 Å². The van der Waals surface area contributed by atoms with Crippen LogP contribution in [0.25, 0.3) is 16.6 Å². The van der Waals surface area contributed by atoms with Crippen LogP contribution >= 0.6 is 11.6 Å². The van der Waals surface area contributed by atoms with E-state index in [1.807, 2.05) is 18.2 Å². The molecule has 6 nitrogen and oxygen atoms in total. The number of carbonyl (C=O) groups is 1. The van der Waals surface area contributed by atoms with Crippen molar-refractivity contribution < 1.29 is 24.1 Å². The lowest BCUT2D eigenvalue weighted by Gasteiger charge is -2.06. The SMILES string of the molecule is O=C(C[n+]1c(O)[n+](-c2cccc(Cl)c2)c(O)c2ccccc21)Nc1ccccc1. The molecule has 1 heterocycles. The molecule has 0 atom stereocenters. The third-order valence-electron chi connectivity index (χ3n) is 4.51. The van der Waals surface area contributed by atoms with Crippen molar-refractivity contribution in [2.75, 3.05) is 5.32 Å². The van der Waals surface area contributed by atoms with Gasteiger partial charge in [-0.1, -0.05) is 52.6 Å². The quantitative estimate of drug-likeness (QED) is 0.455. The van der Waals surface area contributed by atoms with Gasteiger partial charge in [0.25, 0.3) is 5.91 Å². The van der Waals surface area contributed by atoms with Gasteiger partial charge in [-0.15, -0.1) is 0 Å². The standard InChI is InChI=1S/C22H16ClN3O3/c23-15-7-6-10-17(13-15)26-21(28)18-11-4-5-12-19(18)25(22(26)29)14-20(27)24-16-8-2-1-3-9-16/h1-13H,14H2,(H,24,27)/p+2. The molecule has 144 valence electrons. The number of rotatable bonds is 4. The zero-order chi connectivity index (χ0) is 20.4. The summed E-state index contributed by atoms with van der Waals surface area (Å²) >= 11 is 6.08. The highest BCUT2D eigenvalue weighted by Crippen LogP contribution is 2.23. The van der Waals surface area contributed by atoms with Crippen molar-refractivity contribution in [3.05, 3.63) is 83.9 Å². The van der Waals surface area contributed by atoms with E-state index in [1.165, 1.54) is 9.13 Å². The Morgan fingerprint density at radius 2 is 1.66 bits per heavy atom. The van der Waals surface area contributed by atoms with Gasteiger partial charge in [-0.25, -0.2) is 0 Å². The van der Waals surface area contributed by atoms with Gasteiger partial charge < -0.3 is 15.5 Å². The number of aromatic nitrogens is 2. The maximum Gasteiger partial charge on any atom is 0.638 e. The smallest absolute Gasteiger partial charge is 0.459 e. The molecular formula is C22H18ClN3O3+2. The summed E-state index contributed by atoms with van der Waals surface area (Å²) in [5.74, 6) is -0.468. The number of hydrogen-bond donors (Lipinski definition) is 3. The fourth-order valence-corrected chi connectivity index (χ4v) is 3.40. The van der Waals surface area contributed by atoms with Crippen molar-refractivity contribution >= 4 is 34.1 Å². The molecule has 29 heavy (non-hydrogen) atoms. The van der Waals surface area contributed by atoms with Gasteiger partial charge in [0.1, 0.15) is 0 Å². The fourth-order valence-electron chi connectivity index (χ4n) is 3.22. The number of nitrogens with one attached hydrogen (secondary N) is 1. The van der Waals surface area contributed by atoms with Crippen molar-refractivity contribution in [2.24, 2.45) is 0 Å². The van der Waals surface area contributed by atoms with Crippen LogP contribution in [0, 0.1) is 0 Å². The van der Waals surface area contributed by atoms with E-state index in [-0.39, 0.29) is 24.3 Å². The first-order valence-electron chi connectivity index (χ1n) is 8.94. The number of carbonyl (C=O) groups excluding carboxylic acids is 1. The lowest BCUT2D eigenvalue weighted by Crippen LogP contribution is -2.49. The average molecular weight is 408 g/mol. The summed E-state index contributed by atoms with van der Waals surface area (Å²) in [6.07, 6.45) is 0. The molecule has 0 fully saturated rings. The summed E-state index contributed by atoms with van der Waals surface area (Å²) in [7, 11) is 0. The van der Waals surface area contributed by atoms with Crippen molar-refractivity contribution in [2.45, 2.75) is 6.54 Å². The molecule has 0 unspecified atom stereocenters. The lowest BCUT2D eigenvalue weighted by molar-refractivity contribution is -0.774. The van der Waals surface area contributed by atoms with Crippen LogP contribution in [-0.2, 0) is 11.3 Å². The third-order valence-corrected chi connectivity index (χ3v) is 4.75. The molecule has 0 saturated heterocycles. The number of anilines is 1. The Labute approximate surface area is 171 Å². The molecule has 1 aromatic heterocycles. The number of nitrogens with zero attached hydrogens (tertiary/aromatic N) is 2. The van der Waals surface area contributed by atoms with E-state index in [0.29, 0.717) is 27.3 Å². The number of fused-ring (bicyclic) bond motifs is 1. The van der Waals surface area contributed by atoms with Gasteiger partial charge in [0, 0.05) is 28.9 Å². The maximum atomic E-state index is 12.6. The molecule has 0 aliphatic heterocycles. The molecule has 1 amide bonds. The Balaban J connectivity index is 1.83. The second kappa shape index (κ2) is 7.77. The first-order chi connectivity index (χ1) is 14.0. The normalized spacial score (nSPS) is 10.8. The van der Waals surface area contributed by atoms with Crippen molar-refractivity contribution in [1.82, 2.24) is 0 Å². The van der Waals surface area contributed by atoms with Crippen molar-refractivity contribution in [3.63, 3.8) is 0 Å². The number of benzene rings is 3. The molecule has 4 rings (SSSR count). The molecule has 0 aliphatic rings. The highest BCUT2D eigenvalue weighted by Gasteiger charge is 2.36. The number of amides is 1. The van der Waals surface area contributed by atoms with Gasteiger partial charge in [0.15, 0.2) is 5.39 Å². The first-order valence-corrected chi connectivity index (χ1v) is 9.32. The van der Waals surface area contributed by atoms with Crippen molar-refractivity contribution in [3.8, 4) is 17.6 Å². The van der Waals surface area contributed by atoms with Crippen LogP contribution in [-0.4, -0.2) is 16.1 Å². The zero-order valence-electron chi connectivity index (χ0n) is 15.3. The second-order valence-corrected chi connectivity index (χ2v) is 6.89. The Morgan fingerprint density at radius 3 is 2.41 bits per heavy atom. The Bertz CT molecular complexity index is 1210. The van der Waals surface area contributed by atoms with Crippen LogP contribution in [0.2, 0.25) is 5.02 Å². The topological polar surface area (TPSA) is 77.3 Å². The second-order valence-electron chi connectivity index (χ2n) is 6.46. The number of hydrogen-bond acceptors (Lipinski definition) is 3. The Morgan fingerprint density at radius 1 is 0.931 bits per heavy atom. The van der Waals surface area contributed by atoms with E-state index in [4.69, 9.17) is 11.6 Å². The van der Waals surface area contributed by atoms with E-state index in [2.05, 4.69) is 5.32 Å². The van der Waals surface area contributed by atoms with Crippen LogP contribution in [0.15, 0.2) is 78.9 Å². The lowest BCUT2D eigenvalue weighted by atomic mass is 10.2. The zero-order valence-corrected chi connectivity index (χ0v) is 16.0. The summed E-state index contributed by atoms with van der Waals surface area (Å²) in [4.78, 5) is 12.6. The van der Waals surface area contributed by atoms with Gasteiger partial charge in [0.2, 0.25) is 17.7 Å². The maximum absolute atomic E-state index is 12.6. The summed E-state index contributed by atoms with van der Waals surface area (Å²) in [6, 6.07) is 22.5. The van der Waals surface area contributed by atoms with E-state index in [0.717, 1.165) is 0 Å². The molecule has 7 heteroatoms. The Kier molecular flexibility index (Phi) is 5.01. The predicted molar refractivity (Wildman–Crippen MR) is 109 cm³/mol. The number of aromatic hydroxyl groups is 2. The van der Waals surface area contributed by atoms with Crippen LogP contribution in [0.1, 0.15) is 0 Å². The molecule has 4 aromatic rings.